The molecule has 0 aromatic heterocycles. The van der Waals surface area contributed by atoms with Crippen LogP contribution in [0.4, 0.5) is 5.69 Å². The van der Waals surface area contributed by atoms with Crippen LogP contribution in [0.5, 0.6) is 5.75 Å². The van der Waals surface area contributed by atoms with Gasteiger partial charge in [-0.25, -0.2) is 0 Å². The van der Waals surface area contributed by atoms with Crippen molar-refractivity contribution in [2.45, 2.75) is 6.92 Å². The molecule has 0 radical (unpaired) electrons. The lowest BCUT2D eigenvalue weighted by Gasteiger charge is -2.04. The lowest BCUT2D eigenvalue weighted by atomic mass is 10.2. The van der Waals surface area contributed by atoms with E-state index in [2.05, 4.69) is 12.6 Å². The molecule has 1 aromatic carbocycles. The van der Waals surface area contributed by atoms with Crippen molar-refractivity contribution in [1.29, 1.82) is 0 Å². The number of hydrogen-bond donors (Lipinski definition) is 1. The Morgan fingerprint density at radius 3 is 2.88 bits per heavy atom. The third kappa shape index (κ3) is 3.58. The fraction of sp³-hybridized carbons (Fsp3) is 0.273. The number of thiol groups is 1. The summed E-state index contributed by atoms with van der Waals surface area (Å²) in [5, 5.41) is 10.7. The van der Waals surface area contributed by atoms with E-state index in [1.165, 1.54) is 6.07 Å². The largest absolute Gasteiger partial charge is 0.483 e. The van der Waals surface area contributed by atoms with Gasteiger partial charge in [0.25, 0.3) is 0 Å². The van der Waals surface area contributed by atoms with Gasteiger partial charge in [0.1, 0.15) is 6.61 Å². The molecule has 4 nitrogen and oxygen atoms in total. The van der Waals surface area contributed by atoms with Gasteiger partial charge in [-0.15, -0.1) is 0 Å². The van der Waals surface area contributed by atoms with E-state index < -0.39 is 4.92 Å². The number of nitro groups is 1. The van der Waals surface area contributed by atoms with Crippen LogP contribution in [0, 0.1) is 17.0 Å². The number of hydrogen-bond acceptors (Lipinski definition) is 4. The fourth-order valence-corrected chi connectivity index (χ4v) is 1.32. The van der Waals surface area contributed by atoms with E-state index in [1.807, 2.05) is 13.0 Å². The van der Waals surface area contributed by atoms with E-state index in [1.54, 1.807) is 18.2 Å². The van der Waals surface area contributed by atoms with Crippen molar-refractivity contribution in [3.05, 3.63) is 46.0 Å². The second-order valence-corrected chi connectivity index (χ2v) is 3.56. The summed E-state index contributed by atoms with van der Waals surface area (Å²) in [6.45, 7) is 2.17. The third-order valence-corrected chi connectivity index (χ3v) is 2.13. The van der Waals surface area contributed by atoms with Crippen LogP contribution >= 0.6 is 12.6 Å². The average Bonchev–Trinajstić information content (AvgIpc) is 2.24. The van der Waals surface area contributed by atoms with Crippen LogP contribution in [0.3, 0.4) is 0 Å². The van der Waals surface area contributed by atoms with Crippen LogP contribution in [0.1, 0.15) is 5.56 Å². The van der Waals surface area contributed by atoms with E-state index in [4.69, 9.17) is 4.74 Å². The van der Waals surface area contributed by atoms with Crippen molar-refractivity contribution in [3.63, 3.8) is 0 Å². The van der Waals surface area contributed by atoms with Crippen LogP contribution in [-0.4, -0.2) is 17.3 Å². The van der Waals surface area contributed by atoms with E-state index >= 15 is 0 Å². The van der Waals surface area contributed by atoms with Gasteiger partial charge in [-0.1, -0.05) is 18.2 Å². The minimum atomic E-state index is -0.447. The van der Waals surface area contributed by atoms with Gasteiger partial charge in [-0.3, -0.25) is 10.1 Å². The molecule has 0 amide bonds. The minimum Gasteiger partial charge on any atom is -0.483 e. The summed E-state index contributed by atoms with van der Waals surface area (Å²) in [5.74, 6) is 0.924. The molecule has 0 saturated heterocycles. The summed E-state index contributed by atoms with van der Waals surface area (Å²) in [6, 6.07) is 4.80. The van der Waals surface area contributed by atoms with Gasteiger partial charge >= 0.3 is 5.69 Å². The topological polar surface area (TPSA) is 52.4 Å². The zero-order valence-corrected chi connectivity index (χ0v) is 9.81. The minimum absolute atomic E-state index is 0.00938. The molecule has 0 aliphatic heterocycles. The van der Waals surface area contributed by atoms with Crippen molar-refractivity contribution in [2.24, 2.45) is 0 Å². The molecule has 0 aliphatic rings. The Bertz CT molecular complexity index is 404. The summed E-state index contributed by atoms with van der Waals surface area (Å²) in [7, 11) is 0. The second kappa shape index (κ2) is 6.17. The highest BCUT2D eigenvalue weighted by molar-refractivity contribution is 7.80. The number of nitro benzene ring substituents is 1. The Hall–Kier alpha value is -1.49. The zero-order chi connectivity index (χ0) is 12.0. The smallest absolute Gasteiger partial charge is 0.310 e. The first-order valence-electron chi connectivity index (χ1n) is 4.79. The van der Waals surface area contributed by atoms with E-state index in [9.17, 15) is 10.1 Å². The lowest BCUT2D eigenvalue weighted by molar-refractivity contribution is -0.385. The molecule has 1 rings (SSSR count). The first-order valence-corrected chi connectivity index (χ1v) is 5.42. The van der Waals surface area contributed by atoms with Gasteiger partial charge in [0.2, 0.25) is 0 Å². The van der Waals surface area contributed by atoms with Gasteiger partial charge < -0.3 is 4.74 Å². The molecular weight excluding hydrogens is 226 g/mol. The SMILES string of the molecule is Cc1ccc([N+](=O)[O-])c(OCC=CCS)c1. The highest BCUT2D eigenvalue weighted by Gasteiger charge is 2.13. The van der Waals surface area contributed by atoms with Crippen LogP contribution in [-0.2, 0) is 0 Å². The van der Waals surface area contributed by atoms with Crippen molar-refractivity contribution < 1.29 is 9.66 Å². The summed E-state index contributed by atoms with van der Waals surface area (Å²) in [5.41, 5.74) is 0.920. The van der Waals surface area contributed by atoms with Crippen LogP contribution in [0.25, 0.3) is 0 Å². The summed E-state index contributed by atoms with van der Waals surface area (Å²) in [6.07, 6.45) is 3.60. The Morgan fingerprint density at radius 2 is 2.25 bits per heavy atom. The molecule has 0 spiro atoms. The third-order valence-electron chi connectivity index (χ3n) is 1.92. The molecule has 0 unspecified atom stereocenters. The van der Waals surface area contributed by atoms with Crippen LogP contribution in [0.2, 0.25) is 0 Å². The first-order chi connectivity index (χ1) is 7.65. The molecule has 0 heterocycles. The van der Waals surface area contributed by atoms with Crippen LogP contribution < -0.4 is 4.74 Å². The van der Waals surface area contributed by atoms with Gasteiger partial charge in [-0.05, 0) is 18.6 Å². The Morgan fingerprint density at radius 1 is 1.50 bits per heavy atom. The van der Waals surface area contributed by atoms with Gasteiger partial charge in [0, 0.05) is 11.8 Å². The van der Waals surface area contributed by atoms with Gasteiger partial charge in [-0.2, -0.15) is 12.6 Å². The molecular formula is C11H13NO3S. The van der Waals surface area contributed by atoms with Crippen molar-refractivity contribution in [1.82, 2.24) is 0 Å². The standard InChI is InChI=1S/C11H13NO3S/c1-9-4-5-10(12(13)14)11(8-9)15-6-2-3-7-16/h2-5,8,16H,6-7H2,1H3. The van der Waals surface area contributed by atoms with Crippen LogP contribution in [0.15, 0.2) is 30.4 Å². The monoisotopic (exact) mass is 239 g/mol. The predicted molar refractivity (Wildman–Crippen MR) is 66.3 cm³/mol. The molecule has 0 saturated carbocycles. The Kier molecular flexibility index (Phi) is 4.85. The van der Waals surface area contributed by atoms with E-state index in [0.29, 0.717) is 18.1 Å². The molecule has 5 heteroatoms. The van der Waals surface area contributed by atoms with E-state index in [0.717, 1.165) is 5.56 Å². The molecule has 1 aromatic rings. The summed E-state index contributed by atoms with van der Waals surface area (Å²) < 4.78 is 5.32. The average molecular weight is 239 g/mol. The molecule has 0 N–H and O–H groups in total. The Balaban J connectivity index is 2.80. The van der Waals surface area contributed by atoms with Crippen molar-refractivity contribution >= 4 is 18.3 Å². The summed E-state index contributed by atoms with van der Waals surface area (Å²) >= 11 is 4.00. The maximum Gasteiger partial charge on any atom is 0.310 e. The number of ether oxygens (including phenoxy) is 1. The van der Waals surface area contributed by atoms with Crippen molar-refractivity contribution in [2.75, 3.05) is 12.4 Å². The van der Waals surface area contributed by atoms with Gasteiger partial charge in [0.05, 0.1) is 4.92 Å². The molecule has 0 bridgehead atoms. The fourth-order valence-electron chi connectivity index (χ4n) is 1.17. The van der Waals surface area contributed by atoms with Gasteiger partial charge in [0.15, 0.2) is 5.75 Å². The number of aryl methyl sites for hydroxylation is 1. The highest BCUT2D eigenvalue weighted by Crippen LogP contribution is 2.27. The second-order valence-electron chi connectivity index (χ2n) is 3.19. The number of nitrogens with zero attached hydrogens (tertiary/aromatic N) is 1. The zero-order valence-electron chi connectivity index (χ0n) is 8.92. The molecule has 0 aliphatic carbocycles. The lowest BCUT2D eigenvalue weighted by Crippen LogP contribution is -1.98. The highest BCUT2D eigenvalue weighted by atomic mass is 32.1. The normalized spacial score (nSPS) is 10.6. The molecule has 86 valence electrons. The first kappa shape index (κ1) is 12.6. The van der Waals surface area contributed by atoms with Crippen molar-refractivity contribution in [3.8, 4) is 5.75 Å². The maximum atomic E-state index is 10.7. The molecule has 0 fully saturated rings. The quantitative estimate of drug-likeness (QED) is 0.372. The van der Waals surface area contributed by atoms with E-state index in [-0.39, 0.29) is 5.69 Å². The Labute approximate surface area is 99.5 Å². The number of benzene rings is 1. The summed E-state index contributed by atoms with van der Waals surface area (Å²) in [4.78, 5) is 10.3. The maximum absolute atomic E-state index is 10.7. The number of rotatable bonds is 5. The predicted octanol–water partition coefficient (Wildman–Crippen LogP) is 2.77. The molecule has 16 heavy (non-hydrogen) atoms. The molecule has 0 atom stereocenters.